The van der Waals surface area contributed by atoms with E-state index in [2.05, 4.69) is 21.2 Å². The molecule has 0 aliphatic carbocycles. The molecule has 104 valence electrons. The number of hydrogen-bond donors (Lipinski definition) is 2. The molecule has 2 rings (SSSR count). The first kappa shape index (κ1) is 15.1. The van der Waals surface area contributed by atoms with Crippen molar-refractivity contribution >= 4 is 56.1 Å². The van der Waals surface area contributed by atoms with E-state index < -0.39 is 0 Å². The van der Waals surface area contributed by atoms with Crippen molar-refractivity contribution in [2.24, 2.45) is 5.73 Å². The van der Waals surface area contributed by atoms with Gasteiger partial charge in [-0.2, -0.15) is 0 Å². The number of nitrogens with two attached hydrogens (primary N) is 1. The van der Waals surface area contributed by atoms with Gasteiger partial charge in [-0.15, -0.1) is 0 Å². The molecular formula is C14H12BrClN2OS. The highest BCUT2D eigenvalue weighted by Crippen LogP contribution is 2.33. The molecule has 0 saturated carbocycles. The number of methoxy groups -OCH3 is 1. The topological polar surface area (TPSA) is 47.3 Å². The van der Waals surface area contributed by atoms with Crippen LogP contribution in [0.5, 0.6) is 5.75 Å². The summed E-state index contributed by atoms with van der Waals surface area (Å²) in [5.74, 6) is 0.725. The molecule has 0 aliphatic rings. The van der Waals surface area contributed by atoms with Gasteiger partial charge in [0, 0.05) is 10.0 Å². The SMILES string of the molecule is COc1ccc(Br)cc1Nc1ccc(C(N)=S)cc1Cl. The first-order chi connectivity index (χ1) is 9.51. The number of anilines is 2. The van der Waals surface area contributed by atoms with E-state index in [1.54, 1.807) is 13.2 Å². The maximum absolute atomic E-state index is 6.23. The minimum atomic E-state index is 0.318. The molecule has 0 atom stereocenters. The first-order valence-electron chi connectivity index (χ1n) is 5.71. The van der Waals surface area contributed by atoms with Crippen molar-refractivity contribution in [1.29, 1.82) is 0 Å². The van der Waals surface area contributed by atoms with Crippen LogP contribution < -0.4 is 15.8 Å². The Bertz CT molecular complexity index is 664. The third kappa shape index (κ3) is 3.42. The number of hydrogen-bond acceptors (Lipinski definition) is 3. The third-order valence-corrected chi connectivity index (χ3v) is 3.73. The van der Waals surface area contributed by atoms with Gasteiger partial charge in [0.25, 0.3) is 0 Å². The molecular weight excluding hydrogens is 360 g/mol. The van der Waals surface area contributed by atoms with Crippen LogP contribution in [0.4, 0.5) is 11.4 Å². The van der Waals surface area contributed by atoms with Gasteiger partial charge in [-0.1, -0.05) is 39.7 Å². The average Bonchev–Trinajstić information content (AvgIpc) is 2.41. The average molecular weight is 372 g/mol. The van der Waals surface area contributed by atoms with Crippen molar-refractivity contribution in [3.05, 3.63) is 51.5 Å². The monoisotopic (exact) mass is 370 g/mol. The molecule has 0 aliphatic heterocycles. The number of thiocarbonyl (C=S) groups is 1. The molecule has 6 heteroatoms. The molecule has 0 spiro atoms. The Morgan fingerprint density at radius 1 is 1.25 bits per heavy atom. The van der Waals surface area contributed by atoms with Gasteiger partial charge in [0.1, 0.15) is 10.7 Å². The van der Waals surface area contributed by atoms with E-state index in [0.717, 1.165) is 27.2 Å². The Balaban J connectivity index is 2.35. The van der Waals surface area contributed by atoms with Crippen molar-refractivity contribution in [1.82, 2.24) is 0 Å². The van der Waals surface area contributed by atoms with Gasteiger partial charge >= 0.3 is 0 Å². The van der Waals surface area contributed by atoms with E-state index in [-0.39, 0.29) is 0 Å². The van der Waals surface area contributed by atoms with Crippen molar-refractivity contribution in [2.75, 3.05) is 12.4 Å². The van der Waals surface area contributed by atoms with Crippen molar-refractivity contribution in [3.8, 4) is 5.75 Å². The highest BCUT2D eigenvalue weighted by molar-refractivity contribution is 9.10. The summed E-state index contributed by atoms with van der Waals surface area (Å²) in [5, 5.41) is 3.77. The highest BCUT2D eigenvalue weighted by Gasteiger charge is 2.08. The number of rotatable bonds is 4. The number of nitrogens with one attached hydrogen (secondary N) is 1. The van der Waals surface area contributed by atoms with Crippen LogP contribution in [0, 0.1) is 0 Å². The Labute approximate surface area is 136 Å². The molecule has 3 N–H and O–H groups in total. The Morgan fingerprint density at radius 2 is 2.00 bits per heavy atom. The molecule has 2 aromatic carbocycles. The van der Waals surface area contributed by atoms with Crippen LogP contribution in [0.25, 0.3) is 0 Å². The van der Waals surface area contributed by atoms with Gasteiger partial charge in [0.2, 0.25) is 0 Å². The fourth-order valence-corrected chi connectivity index (χ4v) is 2.41. The smallest absolute Gasteiger partial charge is 0.142 e. The summed E-state index contributed by atoms with van der Waals surface area (Å²) in [7, 11) is 1.62. The lowest BCUT2D eigenvalue weighted by atomic mass is 10.2. The van der Waals surface area contributed by atoms with E-state index in [0.29, 0.717) is 10.0 Å². The van der Waals surface area contributed by atoms with Gasteiger partial charge < -0.3 is 15.8 Å². The summed E-state index contributed by atoms with van der Waals surface area (Å²) >= 11 is 14.6. The standard InChI is InChI=1S/C14H12BrClN2OS/c1-19-13-5-3-9(15)7-12(13)18-11-4-2-8(14(17)20)6-10(11)16/h2-7,18H,1H3,(H2,17,20). The molecule has 0 bridgehead atoms. The number of benzene rings is 2. The maximum atomic E-state index is 6.23. The second-order valence-corrected chi connectivity index (χ2v) is 5.79. The van der Waals surface area contributed by atoms with E-state index >= 15 is 0 Å². The lowest BCUT2D eigenvalue weighted by Crippen LogP contribution is -2.09. The second-order valence-electron chi connectivity index (χ2n) is 4.03. The quantitative estimate of drug-likeness (QED) is 0.777. The van der Waals surface area contributed by atoms with Crippen LogP contribution in [0.2, 0.25) is 5.02 Å². The Kier molecular flexibility index (Phi) is 4.86. The lowest BCUT2D eigenvalue weighted by Gasteiger charge is -2.13. The van der Waals surface area contributed by atoms with Crippen LogP contribution in [0.3, 0.4) is 0 Å². The fourth-order valence-electron chi connectivity index (χ4n) is 1.69. The Hall–Kier alpha value is -1.30. The van der Waals surface area contributed by atoms with E-state index in [1.807, 2.05) is 30.3 Å². The minimum Gasteiger partial charge on any atom is -0.495 e. The molecule has 0 aromatic heterocycles. The molecule has 0 saturated heterocycles. The normalized spacial score (nSPS) is 10.2. The van der Waals surface area contributed by atoms with Gasteiger partial charge in [0.15, 0.2) is 0 Å². The summed E-state index contributed by atoms with van der Waals surface area (Å²) in [6, 6.07) is 11.1. The van der Waals surface area contributed by atoms with Crippen molar-refractivity contribution in [3.63, 3.8) is 0 Å². The van der Waals surface area contributed by atoms with E-state index in [9.17, 15) is 0 Å². The van der Waals surface area contributed by atoms with Gasteiger partial charge in [0.05, 0.1) is 23.5 Å². The maximum Gasteiger partial charge on any atom is 0.142 e. The number of ether oxygens (including phenoxy) is 1. The van der Waals surface area contributed by atoms with E-state index in [4.69, 9.17) is 34.3 Å². The molecule has 0 fully saturated rings. The van der Waals surface area contributed by atoms with E-state index in [1.165, 1.54) is 0 Å². The summed E-state index contributed by atoms with van der Waals surface area (Å²) < 4.78 is 6.25. The zero-order valence-corrected chi connectivity index (χ0v) is 13.8. The first-order valence-corrected chi connectivity index (χ1v) is 7.29. The van der Waals surface area contributed by atoms with Crippen molar-refractivity contribution in [2.45, 2.75) is 0 Å². The number of halogens is 2. The van der Waals surface area contributed by atoms with Gasteiger partial charge in [-0.05, 0) is 36.4 Å². The zero-order valence-electron chi connectivity index (χ0n) is 10.6. The molecule has 20 heavy (non-hydrogen) atoms. The van der Waals surface area contributed by atoms with Gasteiger partial charge in [-0.25, -0.2) is 0 Å². The lowest BCUT2D eigenvalue weighted by molar-refractivity contribution is 0.417. The van der Waals surface area contributed by atoms with Crippen LogP contribution in [-0.4, -0.2) is 12.1 Å². The predicted octanol–water partition coefficient (Wildman–Crippen LogP) is 4.49. The summed E-state index contributed by atoms with van der Waals surface area (Å²) in [5.41, 5.74) is 7.87. The predicted molar refractivity (Wildman–Crippen MR) is 91.3 cm³/mol. The summed E-state index contributed by atoms with van der Waals surface area (Å²) in [6.07, 6.45) is 0. The fraction of sp³-hybridized carbons (Fsp3) is 0.0714. The van der Waals surface area contributed by atoms with Gasteiger partial charge in [-0.3, -0.25) is 0 Å². The molecule has 0 heterocycles. The van der Waals surface area contributed by atoms with Crippen LogP contribution >= 0.6 is 39.7 Å². The van der Waals surface area contributed by atoms with Crippen molar-refractivity contribution < 1.29 is 4.74 Å². The van der Waals surface area contributed by atoms with Crippen LogP contribution in [-0.2, 0) is 0 Å². The summed E-state index contributed by atoms with van der Waals surface area (Å²) in [4.78, 5) is 0.318. The minimum absolute atomic E-state index is 0.318. The second kappa shape index (κ2) is 6.43. The zero-order chi connectivity index (χ0) is 14.7. The highest BCUT2D eigenvalue weighted by atomic mass is 79.9. The molecule has 0 amide bonds. The molecule has 0 radical (unpaired) electrons. The van der Waals surface area contributed by atoms with Crippen LogP contribution in [0.15, 0.2) is 40.9 Å². The third-order valence-electron chi connectivity index (χ3n) is 2.68. The Morgan fingerprint density at radius 3 is 2.60 bits per heavy atom. The summed E-state index contributed by atoms with van der Waals surface area (Å²) in [6.45, 7) is 0. The molecule has 3 nitrogen and oxygen atoms in total. The molecule has 0 unspecified atom stereocenters. The molecule has 2 aromatic rings. The largest absolute Gasteiger partial charge is 0.495 e. The van der Waals surface area contributed by atoms with Crippen LogP contribution in [0.1, 0.15) is 5.56 Å².